The van der Waals surface area contributed by atoms with Crippen LogP contribution in [0.15, 0.2) is 48.5 Å². The Balaban J connectivity index is 1.96. The third-order valence-corrected chi connectivity index (χ3v) is 2.86. The van der Waals surface area contributed by atoms with Gasteiger partial charge in [-0.1, -0.05) is 18.2 Å². The van der Waals surface area contributed by atoms with Crippen LogP contribution < -0.4 is 11.1 Å². The molecule has 0 radical (unpaired) electrons. The molecule has 0 aliphatic rings. The summed E-state index contributed by atoms with van der Waals surface area (Å²) < 4.78 is 17.8. The molecule has 0 saturated carbocycles. The Morgan fingerprint density at radius 2 is 1.83 bits per heavy atom. The minimum absolute atomic E-state index is 0.00432. The van der Waals surface area contributed by atoms with Gasteiger partial charge in [-0.2, -0.15) is 0 Å². The molecule has 0 aliphatic carbocycles. The number of amides is 2. The van der Waals surface area contributed by atoms with E-state index in [2.05, 4.69) is 5.32 Å². The van der Waals surface area contributed by atoms with E-state index in [0.717, 1.165) is 6.07 Å². The molecule has 0 unspecified atom stereocenters. The molecule has 0 spiro atoms. The van der Waals surface area contributed by atoms with Crippen molar-refractivity contribution in [3.05, 3.63) is 65.5 Å². The Labute approximate surface area is 131 Å². The highest BCUT2D eigenvalue weighted by molar-refractivity contribution is 6.03. The second-order valence-corrected chi connectivity index (χ2v) is 4.54. The van der Waals surface area contributed by atoms with Crippen molar-refractivity contribution in [1.82, 2.24) is 0 Å². The molecular weight excluding hydrogens is 303 g/mol. The molecule has 2 rings (SSSR count). The lowest BCUT2D eigenvalue weighted by atomic mass is 10.1. The Morgan fingerprint density at radius 1 is 1.09 bits per heavy atom. The lowest BCUT2D eigenvalue weighted by Crippen LogP contribution is -2.23. The largest absolute Gasteiger partial charge is 0.452 e. The van der Waals surface area contributed by atoms with Gasteiger partial charge in [0.1, 0.15) is 5.82 Å². The number of primary amides is 1. The highest BCUT2D eigenvalue weighted by Crippen LogP contribution is 2.14. The van der Waals surface area contributed by atoms with Gasteiger partial charge >= 0.3 is 5.97 Å². The molecule has 23 heavy (non-hydrogen) atoms. The molecular formula is C16H13FN2O4. The summed E-state index contributed by atoms with van der Waals surface area (Å²) in [6.45, 7) is -0.581. The van der Waals surface area contributed by atoms with Crippen molar-refractivity contribution in [2.45, 2.75) is 0 Å². The van der Waals surface area contributed by atoms with E-state index < -0.39 is 30.2 Å². The van der Waals surface area contributed by atoms with Crippen LogP contribution in [-0.2, 0) is 9.53 Å². The molecule has 0 heterocycles. The van der Waals surface area contributed by atoms with E-state index in [9.17, 15) is 18.8 Å². The Morgan fingerprint density at radius 3 is 2.52 bits per heavy atom. The van der Waals surface area contributed by atoms with Crippen molar-refractivity contribution in [3.63, 3.8) is 0 Å². The zero-order valence-corrected chi connectivity index (χ0v) is 11.9. The molecule has 0 fully saturated rings. The summed E-state index contributed by atoms with van der Waals surface area (Å²) in [5.41, 5.74) is 5.54. The van der Waals surface area contributed by atoms with Gasteiger partial charge in [0.25, 0.3) is 11.8 Å². The fraction of sp³-hybridized carbons (Fsp3) is 0.0625. The van der Waals surface area contributed by atoms with Gasteiger partial charge in [-0.15, -0.1) is 0 Å². The fourth-order valence-corrected chi connectivity index (χ4v) is 1.82. The number of ether oxygens (including phenoxy) is 1. The van der Waals surface area contributed by atoms with E-state index in [1.54, 1.807) is 12.1 Å². The van der Waals surface area contributed by atoms with E-state index in [-0.39, 0.29) is 16.8 Å². The van der Waals surface area contributed by atoms with Crippen LogP contribution in [0.1, 0.15) is 20.7 Å². The summed E-state index contributed by atoms with van der Waals surface area (Å²) in [7, 11) is 0. The third-order valence-electron chi connectivity index (χ3n) is 2.86. The highest BCUT2D eigenvalue weighted by atomic mass is 19.1. The molecule has 0 aliphatic heterocycles. The van der Waals surface area contributed by atoms with Crippen LogP contribution >= 0.6 is 0 Å². The minimum Gasteiger partial charge on any atom is -0.452 e. The number of esters is 1. The quantitative estimate of drug-likeness (QED) is 0.821. The summed E-state index contributed by atoms with van der Waals surface area (Å²) in [4.78, 5) is 34.7. The number of hydrogen-bond acceptors (Lipinski definition) is 4. The lowest BCUT2D eigenvalue weighted by molar-refractivity contribution is -0.119. The third kappa shape index (κ3) is 4.37. The first-order valence-electron chi connectivity index (χ1n) is 6.59. The van der Waals surface area contributed by atoms with Crippen molar-refractivity contribution in [1.29, 1.82) is 0 Å². The number of para-hydroxylation sites is 1. The van der Waals surface area contributed by atoms with Crippen molar-refractivity contribution in [2.75, 3.05) is 11.9 Å². The molecule has 2 aromatic carbocycles. The maximum absolute atomic E-state index is 13.0. The topological polar surface area (TPSA) is 98.5 Å². The number of hydrogen-bond donors (Lipinski definition) is 2. The standard InChI is InChI=1S/C16H13FN2O4/c17-11-5-3-4-10(8-11)16(22)23-9-14(20)19-13-7-2-1-6-12(13)15(18)21/h1-8H,9H2,(H2,18,21)(H,19,20). The highest BCUT2D eigenvalue weighted by Gasteiger charge is 2.13. The molecule has 0 bridgehead atoms. The number of anilines is 1. The van der Waals surface area contributed by atoms with Crippen LogP contribution in [0, 0.1) is 5.82 Å². The Hall–Kier alpha value is -3.22. The molecule has 0 aromatic heterocycles. The van der Waals surface area contributed by atoms with E-state index in [0.29, 0.717) is 0 Å². The predicted molar refractivity (Wildman–Crippen MR) is 80.3 cm³/mol. The van der Waals surface area contributed by atoms with Gasteiger partial charge < -0.3 is 15.8 Å². The van der Waals surface area contributed by atoms with Crippen molar-refractivity contribution in [3.8, 4) is 0 Å². The summed E-state index contributed by atoms with van der Waals surface area (Å²) >= 11 is 0. The second kappa shape index (κ2) is 7.17. The number of nitrogens with two attached hydrogens (primary N) is 1. The summed E-state index contributed by atoms with van der Waals surface area (Å²) in [6, 6.07) is 11.1. The molecule has 2 amide bonds. The van der Waals surface area contributed by atoms with E-state index >= 15 is 0 Å². The molecule has 7 heteroatoms. The average Bonchev–Trinajstić information content (AvgIpc) is 2.53. The van der Waals surface area contributed by atoms with Gasteiger partial charge in [0.15, 0.2) is 6.61 Å². The number of nitrogens with one attached hydrogen (secondary N) is 1. The van der Waals surface area contributed by atoms with Crippen LogP contribution in [0.25, 0.3) is 0 Å². The van der Waals surface area contributed by atoms with Gasteiger partial charge in [-0.25, -0.2) is 9.18 Å². The summed E-state index contributed by atoms with van der Waals surface area (Å²) in [6.07, 6.45) is 0. The number of carbonyl (C=O) groups is 3. The average molecular weight is 316 g/mol. The fourth-order valence-electron chi connectivity index (χ4n) is 1.82. The SMILES string of the molecule is NC(=O)c1ccccc1NC(=O)COC(=O)c1cccc(F)c1. The maximum atomic E-state index is 13.0. The number of benzene rings is 2. The maximum Gasteiger partial charge on any atom is 0.338 e. The molecule has 2 aromatic rings. The van der Waals surface area contributed by atoms with Gasteiger partial charge in [-0.05, 0) is 30.3 Å². The van der Waals surface area contributed by atoms with E-state index in [1.807, 2.05) is 0 Å². The smallest absolute Gasteiger partial charge is 0.338 e. The van der Waals surface area contributed by atoms with Gasteiger partial charge in [0, 0.05) is 0 Å². The van der Waals surface area contributed by atoms with Crippen LogP contribution in [-0.4, -0.2) is 24.4 Å². The second-order valence-electron chi connectivity index (χ2n) is 4.54. The first kappa shape index (κ1) is 16.2. The predicted octanol–water partition coefficient (Wildman–Crippen LogP) is 1.72. The first-order valence-corrected chi connectivity index (χ1v) is 6.59. The number of rotatable bonds is 5. The van der Waals surface area contributed by atoms with Crippen molar-refractivity contribution >= 4 is 23.5 Å². The first-order chi connectivity index (χ1) is 11.0. The molecule has 6 nitrogen and oxygen atoms in total. The van der Waals surface area contributed by atoms with Gasteiger partial charge in [0.2, 0.25) is 0 Å². The molecule has 3 N–H and O–H groups in total. The van der Waals surface area contributed by atoms with Crippen molar-refractivity contribution in [2.24, 2.45) is 5.73 Å². The monoisotopic (exact) mass is 316 g/mol. The van der Waals surface area contributed by atoms with Crippen LogP contribution in [0.3, 0.4) is 0 Å². The molecule has 118 valence electrons. The van der Waals surface area contributed by atoms with Crippen LogP contribution in [0.4, 0.5) is 10.1 Å². The Kier molecular flexibility index (Phi) is 5.03. The van der Waals surface area contributed by atoms with Gasteiger partial charge in [-0.3, -0.25) is 9.59 Å². The summed E-state index contributed by atoms with van der Waals surface area (Å²) in [5.74, 6) is -2.76. The van der Waals surface area contributed by atoms with E-state index in [4.69, 9.17) is 10.5 Å². The lowest BCUT2D eigenvalue weighted by Gasteiger charge is -2.09. The minimum atomic E-state index is -0.831. The van der Waals surface area contributed by atoms with Gasteiger partial charge in [0.05, 0.1) is 16.8 Å². The van der Waals surface area contributed by atoms with Crippen LogP contribution in [0.5, 0.6) is 0 Å². The zero-order chi connectivity index (χ0) is 16.8. The number of halogens is 1. The molecule has 0 atom stereocenters. The Bertz CT molecular complexity index is 761. The van der Waals surface area contributed by atoms with Crippen LogP contribution in [0.2, 0.25) is 0 Å². The summed E-state index contributed by atoms with van der Waals surface area (Å²) in [5, 5.41) is 2.42. The van der Waals surface area contributed by atoms with Crippen molar-refractivity contribution < 1.29 is 23.5 Å². The van der Waals surface area contributed by atoms with E-state index in [1.165, 1.54) is 30.3 Å². The zero-order valence-electron chi connectivity index (χ0n) is 11.9. The normalized spacial score (nSPS) is 9.96. The number of carbonyl (C=O) groups excluding carboxylic acids is 3. The molecule has 0 saturated heterocycles.